The molecule has 5 nitrogen and oxygen atoms in total. The Morgan fingerprint density at radius 2 is 2.00 bits per heavy atom. The second-order valence-corrected chi connectivity index (χ2v) is 7.58. The summed E-state index contributed by atoms with van der Waals surface area (Å²) in [6, 6.07) is 12.7. The van der Waals surface area contributed by atoms with Crippen molar-refractivity contribution in [3.05, 3.63) is 58.6 Å². The van der Waals surface area contributed by atoms with Gasteiger partial charge in [-0.2, -0.15) is 0 Å². The summed E-state index contributed by atoms with van der Waals surface area (Å²) in [4.78, 5) is 28.7. The van der Waals surface area contributed by atoms with Crippen LogP contribution in [0.1, 0.15) is 24.5 Å². The van der Waals surface area contributed by atoms with Crippen LogP contribution in [0.25, 0.3) is 0 Å². The minimum atomic E-state index is -0.522. The summed E-state index contributed by atoms with van der Waals surface area (Å²) in [5.41, 5.74) is 2.28. The van der Waals surface area contributed by atoms with E-state index in [1.54, 1.807) is 18.2 Å². The maximum atomic E-state index is 12.4. The molecule has 0 radical (unpaired) electrons. The summed E-state index contributed by atoms with van der Waals surface area (Å²) in [5.74, 6) is 0.236. The molecule has 1 unspecified atom stereocenters. The number of hydrogen-bond donors (Lipinski definition) is 1. The Morgan fingerprint density at radius 1 is 1.26 bits per heavy atom. The number of carbonyl (C=O) groups is 2. The highest BCUT2D eigenvalue weighted by Crippen LogP contribution is 2.30. The molecule has 140 valence electrons. The van der Waals surface area contributed by atoms with E-state index < -0.39 is 5.25 Å². The molecule has 7 heteroatoms. The van der Waals surface area contributed by atoms with Crippen molar-refractivity contribution >= 4 is 45.9 Å². The van der Waals surface area contributed by atoms with Gasteiger partial charge in [0, 0.05) is 22.7 Å². The molecule has 2 amide bonds. The number of anilines is 1. The van der Waals surface area contributed by atoms with Crippen molar-refractivity contribution < 1.29 is 14.3 Å². The van der Waals surface area contributed by atoms with Crippen molar-refractivity contribution in [2.24, 2.45) is 4.99 Å². The van der Waals surface area contributed by atoms with Gasteiger partial charge in [0.2, 0.25) is 5.91 Å². The van der Waals surface area contributed by atoms with Crippen molar-refractivity contribution in [1.29, 1.82) is 0 Å². The maximum absolute atomic E-state index is 12.4. The van der Waals surface area contributed by atoms with Gasteiger partial charge in [-0.3, -0.25) is 9.59 Å². The summed E-state index contributed by atoms with van der Waals surface area (Å²) in [7, 11) is 0. The predicted molar refractivity (Wildman–Crippen MR) is 110 cm³/mol. The number of benzene rings is 2. The highest BCUT2D eigenvalue weighted by molar-refractivity contribution is 8.16. The number of hydrogen-bond acceptors (Lipinski definition) is 4. The predicted octanol–water partition coefficient (Wildman–Crippen LogP) is 4.46. The number of thioether (sulfide) groups is 1. The lowest BCUT2D eigenvalue weighted by Gasteiger charge is -2.11. The number of aliphatic imine (C=N–C) groups is 1. The normalized spacial score (nSPS) is 16.2. The van der Waals surface area contributed by atoms with Gasteiger partial charge in [0.25, 0.3) is 5.91 Å². The van der Waals surface area contributed by atoms with Crippen molar-refractivity contribution in [3.8, 4) is 5.75 Å². The van der Waals surface area contributed by atoms with Gasteiger partial charge in [-0.25, -0.2) is 4.99 Å². The Kier molecular flexibility index (Phi) is 6.19. The Morgan fingerprint density at radius 3 is 2.70 bits per heavy atom. The third-order valence-electron chi connectivity index (χ3n) is 4.07. The first-order valence-electron chi connectivity index (χ1n) is 8.55. The topological polar surface area (TPSA) is 67.8 Å². The Balaban J connectivity index is 1.62. The summed E-state index contributed by atoms with van der Waals surface area (Å²) >= 11 is 7.38. The molecule has 0 bridgehead atoms. The second kappa shape index (κ2) is 8.59. The number of amides is 2. The highest BCUT2D eigenvalue weighted by atomic mass is 35.5. The van der Waals surface area contributed by atoms with E-state index in [1.165, 1.54) is 11.8 Å². The largest absolute Gasteiger partial charge is 0.494 e. The molecule has 0 spiro atoms. The summed E-state index contributed by atoms with van der Waals surface area (Å²) in [5, 5.41) is 3.50. The fourth-order valence-electron chi connectivity index (χ4n) is 2.62. The van der Waals surface area contributed by atoms with Crippen LogP contribution in [0, 0.1) is 6.92 Å². The zero-order valence-electron chi connectivity index (χ0n) is 15.0. The first-order chi connectivity index (χ1) is 13.0. The lowest BCUT2D eigenvalue weighted by Crippen LogP contribution is -2.21. The van der Waals surface area contributed by atoms with Gasteiger partial charge < -0.3 is 10.1 Å². The zero-order chi connectivity index (χ0) is 19.4. The Hall–Kier alpha value is -2.31. The van der Waals surface area contributed by atoms with Crippen LogP contribution < -0.4 is 10.1 Å². The molecular weight excluding hydrogens is 384 g/mol. The summed E-state index contributed by atoms with van der Waals surface area (Å²) < 4.78 is 5.42. The van der Waals surface area contributed by atoms with Gasteiger partial charge in [-0.05, 0) is 55.8 Å². The van der Waals surface area contributed by atoms with Crippen LogP contribution in [0.2, 0.25) is 5.02 Å². The first-order valence-corrected chi connectivity index (χ1v) is 9.81. The number of carbonyl (C=O) groups excluding carboxylic acids is 2. The van der Waals surface area contributed by atoms with Crippen molar-refractivity contribution in [2.75, 3.05) is 11.9 Å². The lowest BCUT2D eigenvalue weighted by molar-refractivity contribution is -0.121. The molecule has 1 atom stereocenters. The van der Waals surface area contributed by atoms with Crippen molar-refractivity contribution in [3.63, 3.8) is 0 Å². The number of rotatable bonds is 6. The van der Waals surface area contributed by atoms with Gasteiger partial charge in [0.05, 0.1) is 6.61 Å². The van der Waals surface area contributed by atoms with E-state index in [0.29, 0.717) is 22.4 Å². The average molecular weight is 403 g/mol. The summed E-state index contributed by atoms with van der Waals surface area (Å²) in [6.45, 7) is 4.35. The Labute approximate surface area is 167 Å². The zero-order valence-corrected chi connectivity index (χ0v) is 16.6. The molecule has 27 heavy (non-hydrogen) atoms. The standard InChI is InChI=1S/C20H19ClN2O3S/c1-3-26-14-9-7-13(8-10-14)20-23-19(25)17(27-20)11-18(24)22-16-6-4-5-15(21)12(16)2/h4-10,17H,3,11H2,1-2H3,(H,22,24). The molecule has 0 saturated carbocycles. The smallest absolute Gasteiger partial charge is 0.260 e. The number of nitrogens with zero attached hydrogens (tertiary/aromatic N) is 1. The molecule has 1 N–H and O–H groups in total. The molecule has 0 aliphatic carbocycles. The highest BCUT2D eigenvalue weighted by Gasteiger charge is 2.31. The van der Waals surface area contributed by atoms with Crippen LogP contribution in [0.3, 0.4) is 0 Å². The Bertz CT molecular complexity index is 897. The van der Waals surface area contributed by atoms with Crippen molar-refractivity contribution in [2.45, 2.75) is 25.5 Å². The van der Waals surface area contributed by atoms with E-state index >= 15 is 0 Å². The molecule has 0 aromatic heterocycles. The van der Waals surface area contributed by atoms with Gasteiger partial charge >= 0.3 is 0 Å². The first kappa shape index (κ1) is 19.5. The molecule has 0 fully saturated rings. The van der Waals surface area contributed by atoms with E-state index in [2.05, 4.69) is 10.3 Å². The van der Waals surface area contributed by atoms with Crippen LogP contribution in [-0.4, -0.2) is 28.7 Å². The minimum absolute atomic E-state index is 0.0550. The van der Waals surface area contributed by atoms with E-state index in [4.69, 9.17) is 16.3 Å². The lowest BCUT2D eigenvalue weighted by atomic mass is 10.2. The molecule has 1 aliphatic heterocycles. The molecule has 0 saturated heterocycles. The number of halogens is 1. The van der Waals surface area contributed by atoms with E-state index in [-0.39, 0.29) is 18.2 Å². The molecule has 1 aliphatic rings. The monoisotopic (exact) mass is 402 g/mol. The number of ether oxygens (including phenoxy) is 1. The summed E-state index contributed by atoms with van der Waals surface area (Å²) in [6.07, 6.45) is 0.0550. The van der Waals surface area contributed by atoms with Crippen LogP contribution in [0.5, 0.6) is 5.75 Å². The fourth-order valence-corrected chi connectivity index (χ4v) is 3.87. The molecule has 2 aromatic carbocycles. The fraction of sp³-hybridized carbons (Fsp3) is 0.250. The van der Waals surface area contributed by atoms with Crippen LogP contribution in [0.4, 0.5) is 5.69 Å². The maximum Gasteiger partial charge on any atom is 0.260 e. The SMILES string of the molecule is CCOc1ccc(C2=NC(=O)C(CC(=O)Nc3cccc(Cl)c3C)S2)cc1. The van der Waals surface area contributed by atoms with Gasteiger partial charge in [0.1, 0.15) is 16.0 Å². The van der Waals surface area contributed by atoms with E-state index in [1.807, 2.05) is 38.1 Å². The molecule has 2 aromatic rings. The van der Waals surface area contributed by atoms with Gasteiger partial charge in [-0.15, -0.1) is 0 Å². The third kappa shape index (κ3) is 4.70. The van der Waals surface area contributed by atoms with Gasteiger partial charge in [0.15, 0.2) is 0 Å². The second-order valence-electron chi connectivity index (χ2n) is 5.98. The minimum Gasteiger partial charge on any atom is -0.494 e. The third-order valence-corrected chi connectivity index (χ3v) is 5.68. The van der Waals surface area contributed by atoms with Crippen LogP contribution >= 0.6 is 23.4 Å². The van der Waals surface area contributed by atoms with Gasteiger partial charge in [-0.1, -0.05) is 29.4 Å². The van der Waals surface area contributed by atoms with E-state index in [9.17, 15) is 9.59 Å². The molecular formula is C20H19ClN2O3S. The molecule has 3 rings (SSSR count). The quantitative estimate of drug-likeness (QED) is 0.774. The molecule has 1 heterocycles. The number of nitrogens with one attached hydrogen (secondary N) is 1. The van der Waals surface area contributed by atoms with Crippen LogP contribution in [-0.2, 0) is 9.59 Å². The van der Waals surface area contributed by atoms with Crippen LogP contribution in [0.15, 0.2) is 47.5 Å². The van der Waals surface area contributed by atoms with E-state index in [0.717, 1.165) is 16.9 Å². The van der Waals surface area contributed by atoms with Crippen molar-refractivity contribution in [1.82, 2.24) is 0 Å². The average Bonchev–Trinajstić information content (AvgIpc) is 3.00.